The van der Waals surface area contributed by atoms with Crippen LogP contribution in [0.15, 0.2) is 39.7 Å². The normalized spacial score (nSPS) is 10.3. The van der Waals surface area contributed by atoms with Gasteiger partial charge in [0.15, 0.2) is 0 Å². The second-order valence-electron chi connectivity index (χ2n) is 2.12. The highest BCUT2D eigenvalue weighted by molar-refractivity contribution is 5.43. The Morgan fingerprint density at radius 3 is 2.64 bits per heavy atom. The van der Waals surface area contributed by atoms with E-state index < -0.39 is 0 Å². The van der Waals surface area contributed by atoms with Crippen molar-refractivity contribution in [3.8, 4) is 0 Å². The number of benzene rings is 1. The summed E-state index contributed by atoms with van der Waals surface area (Å²) in [4.78, 5) is 0. The van der Waals surface area contributed by atoms with Crippen LogP contribution < -0.4 is 0 Å². The molecule has 3 nitrogen and oxygen atoms in total. The van der Waals surface area contributed by atoms with Crippen LogP contribution in [0.3, 0.4) is 0 Å². The van der Waals surface area contributed by atoms with Crippen molar-refractivity contribution in [2.45, 2.75) is 6.92 Å². The van der Waals surface area contributed by atoms with Gasteiger partial charge >= 0.3 is 0 Å². The smallest absolute Gasteiger partial charge is 0.0904 e. The van der Waals surface area contributed by atoms with Crippen LogP contribution >= 0.6 is 0 Å². The minimum atomic E-state index is 0.833. The van der Waals surface area contributed by atoms with Gasteiger partial charge in [0.2, 0.25) is 0 Å². The van der Waals surface area contributed by atoms with Crippen LogP contribution in [0.1, 0.15) is 5.56 Å². The van der Waals surface area contributed by atoms with Gasteiger partial charge in [0.05, 0.1) is 5.69 Å². The first kappa shape index (κ1) is 7.60. The third-order valence-corrected chi connectivity index (χ3v) is 1.33. The number of hydrogen-bond donors (Lipinski definition) is 0. The van der Waals surface area contributed by atoms with Gasteiger partial charge in [-0.25, -0.2) is 0 Å². The Hall–Kier alpha value is -1.51. The molecule has 1 rings (SSSR count). The van der Waals surface area contributed by atoms with Crippen molar-refractivity contribution in [2.75, 3.05) is 0 Å². The summed E-state index contributed by atoms with van der Waals surface area (Å²) >= 11 is 0. The van der Waals surface area contributed by atoms with Crippen molar-refractivity contribution in [3.63, 3.8) is 0 Å². The fourth-order valence-electron chi connectivity index (χ4n) is 0.755. The lowest BCUT2D eigenvalue weighted by molar-refractivity contribution is 1.06. The molecule has 56 valence electrons. The van der Waals surface area contributed by atoms with E-state index in [0.29, 0.717) is 0 Å². The number of aryl methyl sites for hydroxylation is 1. The zero-order valence-corrected chi connectivity index (χ0v) is 6.36. The number of hydrogen-bond acceptors (Lipinski definition) is 2. The third-order valence-electron chi connectivity index (χ3n) is 1.33. The maximum Gasteiger partial charge on any atom is 0.0904 e. The molecule has 0 saturated heterocycles. The van der Waals surface area contributed by atoms with Crippen molar-refractivity contribution in [1.29, 1.82) is 0 Å². The monoisotopic (exact) mass is 147 g/mol. The maximum absolute atomic E-state index is 3.82. The first-order valence-corrected chi connectivity index (χ1v) is 3.27. The van der Waals surface area contributed by atoms with E-state index in [1.807, 2.05) is 31.2 Å². The Morgan fingerprint density at radius 1 is 1.27 bits per heavy atom. The lowest BCUT2D eigenvalue weighted by atomic mass is 10.2. The summed E-state index contributed by atoms with van der Waals surface area (Å²) in [6.07, 6.45) is 0. The predicted octanol–water partition coefficient (Wildman–Crippen LogP) is 2.69. The molecule has 0 N–H and O–H groups in total. The van der Waals surface area contributed by atoms with Crippen molar-refractivity contribution in [3.05, 3.63) is 29.8 Å². The average molecular weight is 147 g/mol. The van der Waals surface area contributed by atoms with Gasteiger partial charge in [-0.15, -0.1) is 10.2 Å². The SMILES string of the molecule is C=NN=Nc1ccccc1C. The lowest BCUT2D eigenvalue weighted by Crippen LogP contribution is -1.69. The quantitative estimate of drug-likeness (QED) is 0.350. The van der Waals surface area contributed by atoms with Gasteiger partial charge < -0.3 is 0 Å². The molecule has 0 atom stereocenters. The Kier molecular flexibility index (Phi) is 2.49. The minimum Gasteiger partial charge on any atom is -0.147 e. The molecule has 0 bridgehead atoms. The van der Waals surface area contributed by atoms with E-state index in [0.717, 1.165) is 11.3 Å². The highest BCUT2D eigenvalue weighted by atomic mass is 15.4. The predicted molar refractivity (Wildman–Crippen MR) is 45.2 cm³/mol. The maximum atomic E-state index is 3.82. The summed E-state index contributed by atoms with van der Waals surface area (Å²) in [5.74, 6) is 0. The Labute approximate surface area is 65.5 Å². The standard InChI is InChI=1S/C8H9N3/c1-7-5-3-4-6-8(7)10-11-9-2/h3-6H,2H2,1H3. The molecule has 0 saturated carbocycles. The molecule has 0 amide bonds. The van der Waals surface area contributed by atoms with Gasteiger partial charge in [-0.05, 0) is 23.8 Å². The molecule has 0 aliphatic carbocycles. The summed E-state index contributed by atoms with van der Waals surface area (Å²) < 4.78 is 0. The van der Waals surface area contributed by atoms with Gasteiger partial charge in [-0.2, -0.15) is 0 Å². The molecular weight excluding hydrogens is 138 g/mol. The molecule has 0 spiro atoms. The zero-order valence-electron chi connectivity index (χ0n) is 6.36. The van der Waals surface area contributed by atoms with Crippen LogP contribution in [0.4, 0.5) is 5.69 Å². The van der Waals surface area contributed by atoms with Gasteiger partial charge in [-0.3, -0.25) is 0 Å². The van der Waals surface area contributed by atoms with Crippen molar-refractivity contribution in [1.82, 2.24) is 0 Å². The van der Waals surface area contributed by atoms with E-state index >= 15 is 0 Å². The minimum absolute atomic E-state index is 0.833. The zero-order chi connectivity index (χ0) is 8.10. The largest absolute Gasteiger partial charge is 0.147 e. The van der Waals surface area contributed by atoms with Crippen LogP contribution in [0.2, 0.25) is 0 Å². The molecule has 0 aromatic heterocycles. The molecule has 11 heavy (non-hydrogen) atoms. The Bertz CT molecular complexity index is 278. The van der Waals surface area contributed by atoms with Gasteiger partial charge in [0.1, 0.15) is 0 Å². The van der Waals surface area contributed by atoms with Crippen LogP contribution in [-0.2, 0) is 0 Å². The molecule has 3 heteroatoms. The van der Waals surface area contributed by atoms with E-state index in [9.17, 15) is 0 Å². The highest BCUT2D eigenvalue weighted by Gasteiger charge is 1.91. The molecule has 0 fully saturated rings. The molecule has 0 radical (unpaired) electrons. The first-order valence-electron chi connectivity index (χ1n) is 3.27. The molecular formula is C8H9N3. The fourth-order valence-corrected chi connectivity index (χ4v) is 0.755. The molecule has 0 aliphatic heterocycles. The van der Waals surface area contributed by atoms with E-state index in [-0.39, 0.29) is 0 Å². The third kappa shape index (κ3) is 1.97. The molecule has 0 aliphatic rings. The average Bonchev–Trinajstić information content (AvgIpc) is 2.03. The number of rotatable bonds is 2. The van der Waals surface area contributed by atoms with Crippen LogP contribution in [0.25, 0.3) is 0 Å². The van der Waals surface area contributed by atoms with E-state index in [1.165, 1.54) is 0 Å². The van der Waals surface area contributed by atoms with Crippen molar-refractivity contribution >= 4 is 12.4 Å². The second kappa shape index (κ2) is 3.61. The fraction of sp³-hybridized carbons (Fsp3) is 0.125. The summed E-state index contributed by atoms with van der Waals surface area (Å²) in [5, 5.41) is 10.5. The molecule has 1 aromatic rings. The Balaban J connectivity index is 2.94. The molecule has 1 aromatic carbocycles. The van der Waals surface area contributed by atoms with E-state index in [4.69, 9.17) is 0 Å². The van der Waals surface area contributed by atoms with Crippen LogP contribution in [0.5, 0.6) is 0 Å². The lowest BCUT2D eigenvalue weighted by Gasteiger charge is -1.93. The number of nitrogens with zero attached hydrogens (tertiary/aromatic N) is 3. The van der Waals surface area contributed by atoms with E-state index in [2.05, 4.69) is 22.2 Å². The summed E-state index contributed by atoms with van der Waals surface area (Å²) in [5.41, 5.74) is 1.92. The summed E-state index contributed by atoms with van der Waals surface area (Å²) in [7, 11) is 0. The Morgan fingerprint density at radius 2 is 2.00 bits per heavy atom. The highest BCUT2D eigenvalue weighted by Crippen LogP contribution is 2.16. The van der Waals surface area contributed by atoms with Crippen LogP contribution in [-0.4, -0.2) is 6.72 Å². The molecule has 0 unspecified atom stereocenters. The van der Waals surface area contributed by atoms with Crippen LogP contribution in [0, 0.1) is 6.92 Å². The van der Waals surface area contributed by atoms with E-state index in [1.54, 1.807) is 0 Å². The second-order valence-corrected chi connectivity index (χ2v) is 2.12. The van der Waals surface area contributed by atoms with Gasteiger partial charge in [-0.1, -0.05) is 18.2 Å². The van der Waals surface area contributed by atoms with Gasteiger partial charge in [0, 0.05) is 6.72 Å². The first-order chi connectivity index (χ1) is 5.34. The topological polar surface area (TPSA) is 37.1 Å². The van der Waals surface area contributed by atoms with Crippen molar-refractivity contribution in [2.24, 2.45) is 15.4 Å². The molecule has 0 heterocycles. The van der Waals surface area contributed by atoms with Gasteiger partial charge in [0.25, 0.3) is 0 Å². The summed E-state index contributed by atoms with van der Waals surface area (Å²) in [6.45, 7) is 5.16. The summed E-state index contributed by atoms with van der Waals surface area (Å²) in [6, 6.07) is 7.71. The van der Waals surface area contributed by atoms with Crippen molar-refractivity contribution < 1.29 is 0 Å².